The molecule has 0 bridgehead atoms. The van der Waals surface area contributed by atoms with E-state index >= 15 is 0 Å². The molecule has 0 atom stereocenters. The second-order valence-electron chi connectivity index (χ2n) is 3.53. The molecule has 0 aliphatic rings. The highest BCUT2D eigenvalue weighted by Gasteiger charge is 2.05. The number of halogens is 1. The van der Waals surface area contributed by atoms with E-state index in [4.69, 9.17) is 0 Å². The molecule has 0 saturated heterocycles. The van der Waals surface area contributed by atoms with Crippen LogP contribution in [0.3, 0.4) is 0 Å². The largest absolute Gasteiger partial charge is 0.329 e. The van der Waals surface area contributed by atoms with Gasteiger partial charge in [0.25, 0.3) is 5.69 Å². The van der Waals surface area contributed by atoms with Gasteiger partial charge in [0.05, 0.1) is 4.92 Å². The van der Waals surface area contributed by atoms with E-state index in [1.54, 1.807) is 30.1 Å². The fourth-order valence-electron chi connectivity index (χ4n) is 1.35. The number of nitro benzene ring substituents is 1. The van der Waals surface area contributed by atoms with Gasteiger partial charge in [-0.3, -0.25) is 10.1 Å². The predicted molar refractivity (Wildman–Crippen MR) is 76.2 cm³/mol. The first kappa shape index (κ1) is 14.7. The lowest BCUT2D eigenvalue weighted by Crippen LogP contribution is -1.91. The van der Waals surface area contributed by atoms with Gasteiger partial charge in [0, 0.05) is 37.3 Å². The molecule has 2 rings (SSSR count). The van der Waals surface area contributed by atoms with Crippen LogP contribution in [0.1, 0.15) is 5.56 Å². The normalized spacial score (nSPS) is 9.83. The van der Waals surface area contributed by atoms with E-state index in [1.165, 1.54) is 12.1 Å². The highest BCUT2D eigenvalue weighted by molar-refractivity contribution is 8.93. The van der Waals surface area contributed by atoms with Crippen LogP contribution in [0.2, 0.25) is 0 Å². The number of benzene rings is 1. The van der Waals surface area contributed by atoms with Crippen molar-refractivity contribution in [3.8, 4) is 0 Å². The SMILES string of the molecule is Br.Cn1ccnc1SCc1ccc([N+](=O)[O-])cc1. The van der Waals surface area contributed by atoms with Crippen molar-refractivity contribution in [3.63, 3.8) is 0 Å². The van der Waals surface area contributed by atoms with Crippen LogP contribution in [0.25, 0.3) is 0 Å². The smallest absolute Gasteiger partial charge is 0.269 e. The van der Waals surface area contributed by atoms with Gasteiger partial charge in [0.2, 0.25) is 0 Å². The van der Waals surface area contributed by atoms with E-state index < -0.39 is 4.92 Å². The molecule has 0 amide bonds. The van der Waals surface area contributed by atoms with Crippen molar-refractivity contribution < 1.29 is 4.92 Å². The summed E-state index contributed by atoms with van der Waals surface area (Å²) in [5, 5.41) is 11.4. The average Bonchev–Trinajstić information content (AvgIpc) is 2.73. The van der Waals surface area contributed by atoms with E-state index in [1.807, 2.05) is 17.8 Å². The topological polar surface area (TPSA) is 61.0 Å². The molecular formula is C11H12BrN3O2S. The lowest BCUT2D eigenvalue weighted by Gasteiger charge is -2.01. The number of hydrogen-bond donors (Lipinski definition) is 0. The van der Waals surface area contributed by atoms with Crippen LogP contribution in [-0.4, -0.2) is 14.5 Å². The summed E-state index contributed by atoms with van der Waals surface area (Å²) in [6.45, 7) is 0. The number of aromatic nitrogens is 2. The number of nitro groups is 1. The zero-order valence-electron chi connectivity index (χ0n) is 9.65. The number of thioether (sulfide) groups is 1. The van der Waals surface area contributed by atoms with Gasteiger partial charge in [0.15, 0.2) is 5.16 Å². The lowest BCUT2D eigenvalue weighted by molar-refractivity contribution is -0.384. The van der Waals surface area contributed by atoms with E-state index in [9.17, 15) is 10.1 Å². The van der Waals surface area contributed by atoms with E-state index in [0.29, 0.717) is 0 Å². The molecule has 2 aromatic rings. The summed E-state index contributed by atoms with van der Waals surface area (Å²) >= 11 is 1.60. The number of nitrogens with zero attached hydrogens (tertiary/aromatic N) is 3. The fourth-order valence-corrected chi connectivity index (χ4v) is 2.24. The van der Waals surface area contributed by atoms with Gasteiger partial charge in [-0.15, -0.1) is 17.0 Å². The molecule has 0 aliphatic heterocycles. The molecule has 7 heteroatoms. The van der Waals surface area contributed by atoms with Crippen LogP contribution < -0.4 is 0 Å². The van der Waals surface area contributed by atoms with Crippen molar-refractivity contribution in [2.75, 3.05) is 0 Å². The monoisotopic (exact) mass is 329 g/mol. The average molecular weight is 330 g/mol. The summed E-state index contributed by atoms with van der Waals surface area (Å²) in [4.78, 5) is 14.3. The van der Waals surface area contributed by atoms with Crippen LogP contribution in [0.4, 0.5) is 5.69 Å². The number of non-ortho nitro benzene ring substituents is 1. The summed E-state index contributed by atoms with van der Waals surface area (Å²) in [5.74, 6) is 0.753. The maximum atomic E-state index is 10.5. The minimum absolute atomic E-state index is 0. The van der Waals surface area contributed by atoms with Crippen LogP contribution >= 0.6 is 28.7 Å². The Bertz CT molecular complexity index is 527. The van der Waals surface area contributed by atoms with Crippen molar-refractivity contribution in [2.45, 2.75) is 10.9 Å². The first-order valence-corrected chi connectivity index (χ1v) is 5.99. The zero-order valence-corrected chi connectivity index (χ0v) is 12.2. The second kappa shape index (κ2) is 6.55. The predicted octanol–water partition coefficient (Wildman–Crippen LogP) is 3.20. The Hall–Kier alpha value is -1.34. The molecule has 0 fully saturated rings. The van der Waals surface area contributed by atoms with Crippen LogP contribution in [0.5, 0.6) is 0 Å². The molecule has 0 saturated carbocycles. The third kappa shape index (κ3) is 3.58. The van der Waals surface area contributed by atoms with Gasteiger partial charge in [-0.2, -0.15) is 0 Å². The summed E-state index contributed by atoms with van der Waals surface area (Å²) in [6.07, 6.45) is 3.64. The molecule has 5 nitrogen and oxygen atoms in total. The van der Waals surface area contributed by atoms with Gasteiger partial charge < -0.3 is 4.57 Å². The van der Waals surface area contributed by atoms with Crippen molar-refractivity contribution in [2.24, 2.45) is 7.05 Å². The van der Waals surface area contributed by atoms with Gasteiger partial charge in [0.1, 0.15) is 0 Å². The summed E-state index contributed by atoms with van der Waals surface area (Å²) < 4.78 is 1.94. The second-order valence-corrected chi connectivity index (χ2v) is 4.48. The maximum absolute atomic E-state index is 10.5. The molecule has 96 valence electrons. The fraction of sp³-hybridized carbons (Fsp3) is 0.182. The van der Waals surface area contributed by atoms with Crippen molar-refractivity contribution in [1.82, 2.24) is 9.55 Å². The molecule has 1 heterocycles. The first-order chi connectivity index (χ1) is 8.16. The maximum Gasteiger partial charge on any atom is 0.269 e. The van der Waals surface area contributed by atoms with Gasteiger partial charge >= 0.3 is 0 Å². The van der Waals surface area contributed by atoms with Crippen molar-refractivity contribution in [3.05, 3.63) is 52.3 Å². The number of rotatable bonds is 4. The minimum atomic E-state index is -0.393. The zero-order chi connectivity index (χ0) is 12.3. The van der Waals surface area contributed by atoms with E-state index in [-0.39, 0.29) is 22.7 Å². The van der Waals surface area contributed by atoms with Gasteiger partial charge in [-0.05, 0) is 5.56 Å². The third-order valence-electron chi connectivity index (χ3n) is 2.29. The molecule has 0 N–H and O–H groups in total. The summed E-state index contributed by atoms with van der Waals surface area (Å²) in [6, 6.07) is 6.59. The van der Waals surface area contributed by atoms with Crippen LogP contribution in [0.15, 0.2) is 41.8 Å². The minimum Gasteiger partial charge on any atom is -0.329 e. The van der Waals surface area contributed by atoms with Crippen LogP contribution in [0, 0.1) is 10.1 Å². The Balaban J connectivity index is 0.00000162. The van der Waals surface area contributed by atoms with E-state index in [2.05, 4.69) is 4.98 Å². The quantitative estimate of drug-likeness (QED) is 0.491. The standard InChI is InChI=1S/C11H11N3O2S.BrH/c1-13-7-6-12-11(13)17-8-9-2-4-10(5-3-9)14(15)16;/h2-7H,8H2,1H3;1H. The Morgan fingerprint density at radius 3 is 2.56 bits per heavy atom. The lowest BCUT2D eigenvalue weighted by atomic mass is 10.2. The Labute approximate surface area is 119 Å². The third-order valence-corrected chi connectivity index (χ3v) is 3.42. The van der Waals surface area contributed by atoms with Crippen molar-refractivity contribution >= 4 is 34.4 Å². The Morgan fingerprint density at radius 2 is 2.06 bits per heavy atom. The Morgan fingerprint density at radius 1 is 1.39 bits per heavy atom. The van der Waals surface area contributed by atoms with Crippen LogP contribution in [-0.2, 0) is 12.8 Å². The van der Waals surface area contributed by atoms with E-state index in [0.717, 1.165) is 16.5 Å². The molecule has 1 aromatic heterocycles. The molecule has 0 spiro atoms. The molecule has 1 aromatic carbocycles. The molecule has 0 aliphatic carbocycles. The van der Waals surface area contributed by atoms with Gasteiger partial charge in [-0.1, -0.05) is 23.9 Å². The van der Waals surface area contributed by atoms with Gasteiger partial charge in [-0.25, -0.2) is 4.98 Å². The number of aryl methyl sites for hydroxylation is 1. The molecule has 0 radical (unpaired) electrons. The molecule has 18 heavy (non-hydrogen) atoms. The Kier molecular flexibility index (Phi) is 5.36. The highest BCUT2D eigenvalue weighted by Crippen LogP contribution is 2.21. The molecular weight excluding hydrogens is 318 g/mol. The highest BCUT2D eigenvalue weighted by atomic mass is 79.9. The summed E-state index contributed by atoms with van der Waals surface area (Å²) in [7, 11) is 1.94. The first-order valence-electron chi connectivity index (χ1n) is 5.00. The number of imidazole rings is 1. The number of hydrogen-bond acceptors (Lipinski definition) is 4. The summed E-state index contributed by atoms with van der Waals surface area (Å²) in [5.41, 5.74) is 1.17. The molecule has 0 unspecified atom stereocenters. The van der Waals surface area contributed by atoms with Crippen molar-refractivity contribution in [1.29, 1.82) is 0 Å².